The standard InChI is InChI=1S/C17H19N3O4S2/c1-19-10-13-25-17(19)18-16(21)7-4-14-2-5-15(6-3-14)26(22,23)20-8-11-24-12-9-20/h2-7,10,13H,8-9,11-12H2,1H3. The van der Waals surface area contributed by atoms with Gasteiger partial charge < -0.3 is 9.30 Å². The summed E-state index contributed by atoms with van der Waals surface area (Å²) in [7, 11) is -1.69. The van der Waals surface area contributed by atoms with Gasteiger partial charge in [-0.25, -0.2) is 8.42 Å². The van der Waals surface area contributed by atoms with E-state index in [0.717, 1.165) is 5.56 Å². The summed E-state index contributed by atoms with van der Waals surface area (Å²) in [6, 6.07) is 6.43. The van der Waals surface area contributed by atoms with Crippen molar-refractivity contribution in [3.8, 4) is 0 Å². The van der Waals surface area contributed by atoms with Gasteiger partial charge in [-0.2, -0.15) is 9.30 Å². The van der Waals surface area contributed by atoms with Crippen LogP contribution in [0.25, 0.3) is 6.08 Å². The molecule has 1 aliphatic heterocycles. The zero-order valence-electron chi connectivity index (χ0n) is 14.2. The predicted molar refractivity (Wildman–Crippen MR) is 98.9 cm³/mol. The number of morpholine rings is 1. The maximum atomic E-state index is 12.6. The van der Waals surface area contributed by atoms with Crippen molar-refractivity contribution in [1.82, 2.24) is 8.87 Å². The highest BCUT2D eigenvalue weighted by Crippen LogP contribution is 2.18. The smallest absolute Gasteiger partial charge is 0.272 e. The number of hydrogen-bond donors (Lipinski definition) is 0. The van der Waals surface area contributed by atoms with Crippen LogP contribution in [0.4, 0.5) is 0 Å². The lowest BCUT2D eigenvalue weighted by Crippen LogP contribution is -2.40. The third-order valence-electron chi connectivity index (χ3n) is 3.87. The highest BCUT2D eigenvalue weighted by atomic mass is 32.2. The van der Waals surface area contributed by atoms with Crippen molar-refractivity contribution in [2.24, 2.45) is 12.0 Å². The van der Waals surface area contributed by atoms with Gasteiger partial charge in [-0.1, -0.05) is 12.1 Å². The molecule has 9 heteroatoms. The van der Waals surface area contributed by atoms with E-state index >= 15 is 0 Å². The fraction of sp³-hybridized carbons (Fsp3) is 0.294. The van der Waals surface area contributed by atoms with Crippen LogP contribution in [0, 0.1) is 0 Å². The third kappa shape index (κ3) is 4.36. The molecule has 138 valence electrons. The normalized spacial score (nSPS) is 17.0. The molecule has 26 heavy (non-hydrogen) atoms. The van der Waals surface area contributed by atoms with E-state index in [9.17, 15) is 13.2 Å². The van der Waals surface area contributed by atoms with Crippen LogP contribution >= 0.6 is 11.3 Å². The zero-order valence-corrected chi connectivity index (χ0v) is 15.9. The monoisotopic (exact) mass is 393 g/mol. The molecule has 0 unspecified atom stereocenters. The first-order valence-corrected chi connectivity index (χ1v) is 10.3. The molecule has 1 aromatic heterocycles. The van der Waals surface area contributed by atoms with Crippen molar-refractivity contribution in [3.63, 3.8) is 0 Å². The van der Waals surface area contributed by atoms with Gasteiger partial charge in [-0.05, 0) is 23.8 Å². The summed E-state index contributed by atoms with van der Waals surface area (Å²) >= 11 is 1.38. The van der Waals surface area contributed by atoms with Gasteiger partial charge in [-0.3, -0.25) is 4.79 Å². The van der Waals surface area contributed by atoms with Crippen LogP contribution in [0.2, 0.25) is 0 Å². The van der Waals surface area contributed by atoms with Gasteiger partial charge in [0.1, 0.15) is 0 Å². The van der Waals surface area contributed by atoms with E-state index in [1.807, 2.05) is 18.6 Å². The SMILES string of the molecule is Cn1ccsc1=NC(=O)C=Cc1ccc(S(=O)(=O)N2CCOCC2)cc1. The Balaban J connectivity index is 1.71. The summed E-state index contributed by atoms with van der Waals surface area (Å²) in [5.41, 5.74) is 0.727. The molecule has 2 heterocycles. The van der Waals surface area contributed by atoms with Crippen molar-refractivity contribution in [1.29, 1.82) is 0 Å². The van der Waals surface area contributed by atoms with Crippen molar-refractivity contribution >= 4 is 33.3 Å². The average molecular weight is 393 g/mol. The van der Waals surface area contributed by atoms with Crippen LogP contribution in [-0.2, 0) is 26.6 Å². The molecule has 1 aliphatic rings. The first kappa shape index (κ1) is 18.7. The Labute approximate surface area is 155 Å². The van der Waals surface area contributed by atoms with Gasteiger partial charge in [-0.15, -0.1) is 11.3 Å². The van der Waals surface area contributed by atoms with Crippen LogP contribution in [0.5, 0.6) is 0 Å². The summed E-state index contributed by atoms with van der Waals surface area (Å²) in [5.74, 6) is -0.368. The number of aryl methyl sites for hydroxylation is 1. The second kappa shape index (κ2) is 8.09. The predicted octanol–water partition coefficient (Wildman–Crippen LogP) is 1.25. The highest BCUT2D eigenvalue weighted by Gasteiger charge is 2.25. The van der Waals surface area contributed by atoms with Crippen molar-refractivity contribution in [2.45, 2.75) is 4.90 Å². The summed E-state index contributed by atoms with van der Waals surface area (Å²) < 4.78 is 33.5. The van der Waals surface area contributed by atoms with Gasteiger partial charge >= 0.3 is 0 Å². The van der Waals surface area contributed by atoms with Crippen LogP contribution < -0.4 is 4.80 Å². The van der Waals surface area contributed by atoms with E-state index in [1.54, 1.807) is 34.9 Å². The molecular formula is C17H19N3O4S2. The van der Waals surface area contributed by atoms with E-state index in [4.69, 9.17) is 4.74 Å². The number of hydrogen-bond acceptors (Lipinski definition) is 5. The molecule has 1 amide bonds. The summed E-state index contributed by atoms with van der Waals surface area (Å²) in [6.07, 6.45) is 4.81. The molecule has 7 nitrogen and oxygen atoms in total. The quantitative estimate of drug-likeness (QED) is 0.732. The molecule has 0 aliphatic carbocycles. The fourth-order valence-electron chi connectivity index (χ4n) is 2.42. The molecule has 1 saturated heterocycles. The molecule has 0 atom stereocenters. The second-order valence-electron chi connectivity index (χ2n) is 5.67. The van der Waals surface area contributed by atoms with Crippen LogP contribution in [0.15, 0.2) is 51.8 Å². The van der Waals surface area contributed by atoms with Crippen molar-refractivity contribution in [2.75, 3.05) is 26.3 Å². The molecule has 0 radical (unpaired) electrons. The number of nitrogens with zero attached hydrogens (tertiary/aromatic N) is 3. The van der Waals surface area contributed by atoms with E-state index in [0.29, 0.717) is 31.1 Å². The minimum absolute atomic E-state index is 0.234. The van der Waals surface area contributed by atoms with Gasteiger partial charge in [0.15, 0.2) is 4.80 Å². The second-order valence-corrected chi connectivity index (χ2v) is 8.48. The fourth-order valence-corrected chi connectivity index (χ4v) is 4.56. The van der Waals surface area contributed by atoms with Crippen LogP contribution in [0.1, 0.15) is 5.56 Å². The molecule has 1 fully saturated rings. The number of carbonyl (C=O) groups excluding carboxylic acids is 1. The molecule has 0 N–H and O–H groups in total. The summed E-state index contributed by atoms with van der Waals surface area (Å²) in [6.45, 7) is 1.54. The molecule has 0 saturated carbocycles. The average Bonchev–Trinajstić information content (AvgIpc) is 3.06. The Morgan fingerprint density at radius 1 is 1.23 bits per heavy atom. The van der Waals surface area contributed by atoms with Crippen LogP contribution in [-0.4, -0.2) is 49.5 Å². The van der Waals surface area contributed by atoms with Crippen molar-refractivity contribution < 1.29 is 17.9 Å². The number of aromatic nitrogens is 1. The minimum atomic E-state index is -3.51. The third-order valence-corrected chi connectivity index (χ3v) is 6.63. The van der Waals surface area contributed by atoms with E-state index in [2.05, 4.69) is 4.99 Å². The van der Waals surface area contributed by atoms with Gasteiger partial charge in [0, 0.05) is 37.8 Å². The Bertz CT molecular complexity index is 966. The number of ether oxygens (including phenoxy) is 1. The van der Waals surface area contributed by atoms with Gasteiger partial charge in [0.2, 0.25) is 10.0 Å². The first-order valence-electron chi connectivity index (χ1n) is 8.02. The number of sulfonamides is 1. The largest absolute Gasteiger partial charge is 0.379 e. The molecule has 0 bridgehead atoms. The maximum absolute atomic E-state index is 12.6. The minimum Gasteiger partial charge on any atom is -0.379 e. The van der Waals surface area contributed by atoms with E-state index in [-0.39, 0.29) is 10.8 Å². The summed E-state index contributed by atoms with van der Waals surface area (Å²) in [5, 5.41) is 1.85. The molecular weight excluding hydrogens is 374 g/mol. The van der Waals surface area contributed by atoms with Crippen LogP contribution in [0.3, 0.4) is 0 Å². The lowest BCUT2D eigenvalue weighted by Gasteiger charge is -2.26. The number of benzene rings is 1. The number of amides is 1. The topological polar surface area (TPSA) is 81.0 Å². The lowest BCUT2D eigenvalue weighted by molar-refractivity contribution is -0.113. The zero-order chi connectivity index (χ0) is 18.6. The highest BCUT2D eigenvalue weighted by molar-refractivity contribution is 7.89. The number of rotatable bonds is 4. The lowest BCUT2D eigenvalue weighted by atomic mass is 10.2. The van der Waals surface area contributed by atoms with E-state index in [1.165, 1.54) is 21.7 Å². The van der Waals surface area contributed by atoms with Gasteiger partial charge in [0.25, 0.3) is 5.91 Å². The van der Waals surface area contributed by atoms with E-state index < -0.39 is 10.0 Å². The number of thiazole rings is 1. The number of carbonyl (C=O) groups is 1. The molecule has 1 aromatic carbocycles. The Hall–Kier alpha value is -2.07. The Morgan fingerprint density at radius 2 is 1.92 bits per heavy atom. The maximum Gasteiger partial charge on any atom is 0.272 e. The first-order chi connectivity index (χ1) is 12.5. The van der Waals surface area contributed by atoms with Gasteiger partial charge in [0.05, 0.1) is 18.1 Å². The van der Waals surface area contributed by atoms with Crippen molar-refractivity contribution in [3.05, 3.63) is 52.3 Å². The Morgan fingerprint density at radius 3 is 2.54 bits per heavy atom. The molecule has 3 rings (SSSR count). The molecule has 0 spiro atoms. The summed E-state index contributed by atoms with van der Waals surface area (Å²) in [4.78, 5) is 16.7. The Kier molecular flexibility index (Phi) is 5.82. The molecule has 2 aromatic rings.